The smallest absolute Gasteiger partial charge is 0.410 e. The number of amides is 2. The number of piperazine rings is 1. The van der Waals surface area contributed by atoms with Crippen molar-refractivity contribution in [1.82, 2.24) is 20.0 Å². The van der Waals surface area contributed by atoms with Gasteiger partial charge >= 0.3 is 6.09 Å². The minimum atomic E-state index is -0.260. The number of aromatic nitrogens is 2. The maximum atomic E-state index is 12.7. The van der Waals surface area contributed by atoms with Gasteiger partial charge in [0.1, 0.15) is 6.61 Å². The fourth-order valence-corrected chi connectivity index (χ4v) is 3.48. The lowest BCUT2D eigenvalue weighted by molar-refractivity contribution is 0.0610. The molecule has 2 aliphatic heterocycles. The lowest BCUT2D eigenvalue weighted by Crippen LogP contribution is -2.53. The molecule has 112 valence electrons. The topological polar surface area (TPSA) is 78.5 Å². The number of fused-ring (bicyclic) bond motifs is 2. The normalized spacial score (nSPS) is 24.6. The van der Waals surface area contributed by atoms with Crippen LogP contribution in [0.25, 0.3) is 0 Å². The largest absolute Gasteiger partial charge is 0.447 e. The maximum Gasteiger partial charge on any atom is 0.410 e. The van der Waals surface area contributed by atoms with Crippen molar-refractivity contribution in [1.29, 1.82) is 0 Å². The summed E-state index contributed by atoms with van der Waals surface area (Å²) < 4.78 is 5.04. The van der Waals surface area contributed by atoms with E-state index in [2.05, 4.69) is 10.2 Å². The molecule has 0 saturated carbocycles. The summed E-state index contributed by atoms with van der Waals surface area (Å²) in [7, 11) is 0. The van der Waals surface area contributed by atoms with Gasteiger partial charge < -0.3 is 9.64 Å². The molecule has 0 unspecified atom stereocenters. The van der Waals surface area contributed by atoms with Gasteiger partial charge in [0.05, 0.1) is 6.04 Å². The van der Waals surface area contributed by atoms with Gasteiger partial charge in [-0.05, 0) is 25.7 Å². The van der Waals surface area contributed by atoms with Crippen LogP contribution < -0.4 is 0 Å². The Kier molecular flexibility index (Phi) is 2.87. The number of hydrogen-bond acceptors (Lipinski definition) is 4. The molecule has 1 aromatic heterocycles. The van der Waals surface area contributed by atoms with Crippen LogP contribution in [0.15, 0.2) is 0 Å². The van der Waals surface area contributed by atoms with E-state index in [9.17, 15) is 9.59 Å². The molecule has 1 N–H and O–H groups in total. The summed E-state index contributed by atoms with van der Waals surface area (Å²) in [5.74, 6) is -0.0200. The molecule has 1 aliphatic carbocycles. The molecule has 1 aromatic rings. The van der Waals surface area contributed by atoms with Gasteiger partial charge in [-0.3, -0.25) is 14.8 Å². The highest BCUT2D eigenvalue weighted by Crippen LogP contribution is 2.25. The molecule has 21 heavy (non-hydrogen) atoms. The van der Waals surface area contributed by atoms with E-state index in [4.69, 9.17) is 4.74 Å². The molecular formula is C14H18N4O3. The molecular weight excluding hydrogens is 272 g/mol. The summed E-state index contributed by atoms with van der Waals surface area (Å²) >= 11 is 0. The molecule has 3 heterocycles. The van der Waals surface area contributed by atoms with E-state index < -0.39 is 0 Å². The molecule has 0 spiro atoms. The molecule has 7 nitrogen and oxygen atoms in total. The summed E-state index contributed by atoms with van der Waals surface area (Å²) in [5.41, 5.74) is 2.78. The van der Waals surface area contributed by atoms with Gasteiger partial charge in [0.15, 0.2) is 5.69 Å². The van der Waals surface area contributed by atoms with Crippen LogP contribution in [-0.2, 0) is 17.6 Å². The van der Waals surface area contributed by atoms with Crippen molar-refractivity contribution in [2.24, 2.45) is 0 Å². The zero-order chi connectivity index (χ0) is 14.4. The number of carbonyl (C=O) groups excluding carboxylic acids is 2. The first kappa shape index (κ1) is 12.7. The third kappa shape index (κ3) is 1.99. The van der Waals surface area contributed by atoms with E-state index in [0.29, 0.717) is 31.9 Å². The Morgan fingerprint density at radius 1 is 1.29 bits per heavy atom. The van der Waals surface area contributed by atoms with Gasteiger partial charge in [0.25, 0.3) is 5.91 Å². The summed E-state index contributed by atoms with van der Waals surface area (Å²) in [6, 6.07) is -0.00929. The van der Waals surface area contributed by atoms with Gasteiger partial charge in [-0.25, -0.2) is 4.79 Å². The first-order chi connectivity index (χ1) is 10.2. The molecule has 1 atom stereocenters. The van der Waals surface area contributed by atoms with Gasteiger partial charge in [0, 0.05) is 30.9 Å². The van der Waals surface area contributed by atoms with Crippen molar-refractivity contribution >= 4 is 12.0 Å². The van der Waals surface area contributed by atoms with Crippen LogP contribution in [0.4, 0.5) is 4.79 Å². The van der Waals surface area contributed by atoms with E-state index in [1.807, 2.05) is 0 Å². The Labute approximate surface area is 122 Å². The minimum Gasteiger partial charge on any atom is -0.447 e. The van der Waals surface area contributed by atoms with Gasteiger partial charge in [-0.15, -0.1) is 0 Å². The Morgan fingerprint density at radius 3 is 3.05 bits per heavy atom. The number of nitrogens with zero attached hydrogens (tertiary/aromatic N) is 3. The summed E-state index contributed by atoms with van der Waals surface area (Å²) in [6.45, 7) is 2.00. The molecule has 2 saturated heterocycles. The van der Waals surface area contributed by atoms with Crippen LogP contribution in [0, 0.1) is 0 Å². The first-order valence-electron chi connectivity index (χ1n) is 7.53. The maximum absolute atomic E-state index is 12.7. The average molecular weight is 290 g/mol. The predicted molar refractivity (Wildman–Crippen MR) is 73.0 cm³/mol. The van der Waals surface area contributed by atoms with Crippen LogP contribution in [0.2, 0.25) is 0 Å². The van der Waals surface area contributed by atoms with E-state index >= 15 is 0 Å². The molecule has 0 bridgehead atoms. The third-order valence-electron chi connectivity index (χ3n) is 4.66. The van der Waals surface area contributed by atoms with E-state index in [-0.39, 0.29) is 18.0 Å². The quantitative estimate of drug-likeness (QED) is 0.820. The monoisotopic (exact) mass is 290 g/mol. The molecule has 4 rings (SSSR count). The second-order valence-corrected chi connectivity index (χ2v) is 5.91. The van der Waals surface area contributed by atoms with Gasteiger partial charge in [0.2, 0.25) is 0 Å². The van der Waals surface area contributed by atoms with E-state index in [0.717, 1.165) is 36.9 Å². The molecule has 3 aliphatic rings. The van der Waals surface area contributed by atoms with Crippen molar-refractivity contribution < 1.29 is 14.3 Å². The molecule has 2 amide bonds. The number of aryl methyl sites for hydroxylation is 1. The molecule has 0 radical (unpaired) electrons. The Hall–Kier alpha value is -2.05. The van der Waals surface area contributed by atoms with Crippen LogP contribution >= 0.6 is 0 Å². The Balaban J connectivity index is 1.53. The minimum absolute atomic E-state index is 0.00929. The number of nitrogens with one attached hydrogen (secondary N) is 1. The standard InChI is InChI=1S/C14H18N4O3/c19-13(12-10-3-1-2-4-11(10)15-16-12)17-5-6-18-9(7-17)8-21-14(18)20/h9H,1-8H2,(H,15,16)/t9-/m0/s1. The van der Waals surface area contributed by atoms with E-state index in [1.165, 1.54) is 0 Å². The second kappa shape index (κ2) is 4.75. The van der Waals surface area contributed by atoms with Crippen molar-refractivity contribution in [3.63, 3.8) is 0 Å². The van der Waals surface area contributed by atoms with Crippen LogP contribution in [-0.4, -0.2) is 64.3 Å². The number of rotatable bonds is 1. The zero-order valence-corrected chi connectivity index (χ0v) is 11.8. The van der Waals surface area contributed by atoms with Gasteiger partial charge in [-0.1, -0.05) is 0 Å². The molecule has 2 fully saturated rings. The number of cyclic esters (lactones) is 1. The Morgan fingerprint density at radius 2 is 2.14 bits per heavy atom. The Bertz CT molecular complexity index is 597. The zero-order valence-electron chi connectivity index (χ0n) is 11.8. The lowest BCUT2D eigenvalue weighted by atomic mass is 9.95. The second-order valence-electron chi connectivity index (χ2n) is 5.91. The fourth-order valence-electron chi connectivity index (χ4n) is 3.48. The van der Waals surface area contributed by atoms with E-state index in [1.54, 1.807) is 9.80 Å². The fraction of sp³-hybridized carbons (Fsp3) is 0.643. The van der Waals surface area contributed by atoms with Crippen molar-refractivity contribution in [2.75, 3.05) is 26.2 Å². The number of hydrogen-bond donors (Lipinski definition) is 1. The predicted octanol–water partition coefficient (Wildman–Crippen LogP) is 0.565. The summed E-state index contributed by atoms with van der Waals surface area (Å²) in [5, 5.41) is 7.26. The summed E-state index contributed by atoms with van der Waals surface area (Å²) in [6.07, 6.45) is 3.92. The van der Waals surface area contributed by atoms with Gasteiger partial charge in [-0.2, -0.15) is 5.10 Å². The highest BCUT2D eigenvalue weighted by molar-refractivity contribution is 5.94. The van der Waals surface area contributed by atoms with Crippen LogP contribution in [0.1, 0.15) is 34.6 Å². The van der Waals surface area contributed by atoms with Crippen LogP contribution in [0.5, 0.6) is 0 Å². The van der Waals surface area contributed by atoms with Crippen LogP contribution in [0.3, 0.4) is 0 Å². The number of aromatic amines is 1. The highest BCUT2D eigenvalue weighted by Gasteiger charge is 2.39. The number of ether oxygens (including phenoxy) is 1. The first-order valence-corrected chi connectivity index (χ1v) is 7.53. The number of H-pyrrole nitrogens is 1. The van der Waals surface area contributed by atoms with Crippen molar-refractivity contribution in [3.05, 3.63) is 17.0 Å². The SMILES string of the molecule is O=C(c1n[nH]c2c1CCCC2)N1CCN2C(=O)OC[C@@H]2C1. The van der Waals surface area contributed by atoms with Crippen molar-refractivity contribution in [2.45, 2.75) is 31.7 Å². The number of carbonyl (C=O) groups is 2. The average Bonchev–Trinajstić information content (AvgIpc) is 3.10. The molecule has 7 heteroatoms. The van der Waals surface area contributed by atoms with Crippen molar-refractivity contribution in [3.8, 4) is 0 Å². The molecule has 0 aromatic carbocycles. The summed E-state index contributed by atoms with van der Waals surface area (Å²) in [4.78, 5) is 27.7. The lowest BCUT2D eigenvalue weighted by Gasteiger charge is -2.35. The highest BCUT2D eigenvalue weighted by atomic mass is 16.6. The third-order valence-corrected chi connectivity index (χ3v) is 4.66.